The molecular weight excluding hydrogens is 447 g/mol. The number of ether oxygens (including phenoxy) is 2. The van der Waals surface area contributed by atoms with Gasteiger partial charge in [0.15, 0.2) is 22.3 Å². The molecule has 1 aliphatic heterocycles. The minimum absolute atomic E-state index is 0.137. The van der Waals surface area contributed by atoms with Gasteiger partial charge in [0.2, 0.25) is 0 Å². The molecule has 4 aromatic rings. The second-order valence-corrected chi connectivity index (χ2v) is 7.85. The van der Waals surface area contributed by atoms with Gasteiger partial charge in [-0.1, -0.05) is 17.0 Å². The summed E-state index contributed by atoms with van der Waals surface area (Å²) in [6, 6.07) is 12.7. The highest BCUT2D eigenvalue weighted by atomic mass is 32.2. The Balaban J connectivity index is 1.44. The molecule has 0 fully saturated rings. The van der Waals surface area contributed by atoms with Crippen molar-refractivity contribution in [1.82, 2.24) is 25.0 Å². The van der Waals surface area contributed by atoms with Gasteiger partial charge >= 0.3 is 0 Å². The van der Waals surface area contributed by atoms with E-state index in [4.69, 9.17) is 9.47 Å². The van der Waals surface area contributed by atoms with Crippen molar-refractivity contribution < 1.29 is 18.7 Å². The summed E-state index contributed by atoms with van der Waals surface area (Å²) in [5.74, 6) is 0.694. The second-order valence-electron chi connectivity index (χ2n) is 6.91. The van der Waals surface area contributed by atoms with Crippen LogP contribution in [0.5, 0.6) is 11.5 Å². The number of thioether (sulfide) groups is 1. The average molecular weight is 464 g/mol. The molecule has 11 heteroatoms. The number of nitrogens with zero attached hydrogens (tertiary/aromatic N) is 5. The number of carbonyl (C=O) groups excluding carboxylic acids is 1. The predicted molar refractivity (Wildman–Crippen MR) is 118 cm³/mol. The minimum Gasteiger partial charge on any atom is -0.486 e. The fourth-order valence-corrected chi connectivity index (χ4v) is 4.00. The van der Waals surface area contributed by atoms with Gasteiger partial charge in [-0.2, -0.15) is 0 Å². The van der Waals surface area contributed by atoms with Crippen LogP contribution in [0, 0.1) is 5.82 Å². The number of hydrogen-bond acceptors (Lipinski definition) is 8. The smallest absolute Gasteiger partial charge is 0.278 e. The maximum absolute atomic E-state index is 13.4. The first-order valence-electron chi connectivity index (χ1n) is 9.99. The van der Waals surface area contributed by atoms with Gasteiger partial charge in [-0.15, -0.1) is 5.10 Å². The van der Waals surface area contributed by atoms with Crippen LogP contribution in [0.15, 0.2) is 66.1 Å². The molecule has 2 aromatic heterocycles. The van der Waals surface area contributed by atoms with Gasteiger partial charge in [-0.25, -0.2) is 19.0 Å². The van der Waals surface area contributed by atoms with Crippen LogP contribution in [0.25, 0.3) is 5.69 Å². The van der Waals surface area contributed by atoms with Crippen LogP contribution < -0.4 is 14.8 Å². The number of halogens is 1. The molecule has 33 heavy (non-hydrogen) atoms. The Bertz CT molecular complexity index is 1280. The van der Waals surface area contributed by atoms with Crippen LogP contribution in [0.2, 0.25) is 0 Å². The first kappa shape index (κ1) is 20.9. The zero-order valence-corrected chi connectivity index (χ0v) is 18.0. The van der Waals surface area contributed by atoms with E-state index in [1.165, 1.54) is 28.6 Å². The topological polar surface area (TPSA) is 104 Å². The molecule has 0 radical (unpaired) electrons. The van der Waals surface area contributed by atoms with E-state index in [9.17, 15) is 9.18 Å². The zero-order valence-electron chi connectivity index (χ0n) is 17.1. The lowest BCUT2D eigenvalue weighted by Gasteiger charge is -2.18. The van der Waals surface area contributed by atoms with Crippen LogP contribution in [0.4, 0.5) is 10.1 Å². The van der Waals surface area contributed by atoms with E-state index in [0.29, 0.717) is 52.7 Å². The number of anilines is 1. The molecule has 3 heterocycles. The summed E-state index contributed by atoms with van der Waals surface area (Å²) in [7, 11) is 0. The zero-order chi connectivity index (χ0) is 22.6. The summed E-state index contributed by atoms with van der Waals surface area (Å²) >= 11 is 1.33. The first-order valence-corrected chi connectivity index (χ1v) is 11.0. The van der Waals surface area contributed by atoms with Crippen molar-refractivity contribution in [1.29, 1.82) is 0 Å². The van der Waals surface area contributed by atoms with Crippen molar-refractivity contribution in [2.45, 2.75) is 10.9 Å². The molecule has 1 amide bonds. The molecule has 0 unspecified atom stereocenters. The Hall–Kier alpha value is -3.99. The van der Waals surface area contributed by atoms with Gasteiger partial charge in [-0.3, -0.25) is 4.79 Å². The standard InChI is InChI=1S/C22H17FN6O3S/c23-14-2-5-16(6-3-14)29-17(13-33-22-24-8-1-9-25-22)20(27-28-29)21(30)26-15-4-7-18-19(12-15)32-11-10-31-18/h1-9,12H,10-11,13H2,(H,26,30). The van der Waals surface area contributed by atoms with Gasteiger partial charge in [0.05, 0.1) is 11.4 Å². The van der Waals surface area contributed by atoms with Crippen molar-refractivity contribution >= 4 is 23.4 Å². The third-order valence-corrected chi connectivity index (χ3v) is 5.62. The molecule has 1 N–H and O–H groups in total. The Labute approximate surface area is 192 Å². The van der Waals surface area contributed by atoms with E-state index in [2.05, 4.69) is 25.6 Å². The Morgan fingerprint density at radius 1 is 1.06 bits per heavy atom. The molecule has 5 rings (SSSR count). The largest absolute Gasteiger partial charge is 0.486 e. The highest BCUT2D eigenvalue weighted by Crippen LogP contribution is 2.33. The number of hydrogen-bond donors (Lipinski definition) is 1. The fraction of sp³-hybridized carbons (Fsp3) is 0.136. The summed E-state index contributed by atoms with van der Waals surface area (Å²) in [4.78, 5) is 21.5. The second kappa shape index (κ2) is 9.25. The summed E-state index contributed by atoms with van der Waals surface area (Å²) in [5.41, 5.74) is 1.77. The number of rotatable bonds is 6. The Morgan fingerprint density at radius 3 is 2.61 bits per heavy atom. The lowest BCUT2D eigenvalue weighted by atomic mass is 10.2. The average Bonchev–Trinajstić information content (AvgIpc) is 3.28. The van der Waals surface area contributed by atoms with E-state index >= 15 is 0 Å². The van der Waals surface area contributed by atoms with Crippen LogP contribution in [-0.4, -0.2) is 44.1 Å². The van der Waals surface area contributed by atoms with Gasteiger partial charge in [0.25, 0.3) is 5.91 Å². The molecule has 1 aliphatic rings. The van der Waals surface area contributed by atoms with Crippen molar-refractivity contribution in [2.75, 3.05) is 18.5 Å². The number of nitrogens with one attached hydrogen (secondary N) is 1. The number of aromatic nitrogens is 5. The SMILES string of the molecule is O=C(Nc1ccc2c(c1)OCCO2)c1nnn(-c2ccc(F)cc2)c1CSc1ncccn1. The molecule has 0 aliphatic carbocycles. The van der Waals surface area contributed by atoms with E-state index in [1.807, 2.05) is 0 Å². The summed E-state index contributed by atoms with van der Waals surface area (Å²) in [5, 5.41) is 11.6. The van der Waals surface area contributed by atoms with E-state index in [-0.39, 0.29) is 11.5 Å². The third-order valence-electron chi connectivity index (χ3n) is 4.73. The number of fused-ring (bicyclic) bond motifs is 1. The lowest BCUT2D eigenvalue weighted by molar-refractivity contribution is 0.102. The number of carbonyl (C=O) groups is 1. The van der Waals surface area contributed by atoms with Gasteiger partial charge < -0.3 is 14.8 Å². The Kier molecular flexibility index (Phi) is 5.85. The number of amides is 1. The molecule has 0 spiro atoms. The minimum atomic E-state index is -0.440. The van der Waals surface area contributed by atoms with Crippen LogP contribution in [-0.2, 0) is 5.75 Å². The summed E-state index contributed by atoms with van der Waals surface area (Å²) < 4.78 is 26.0. The monoisotopic (exact) mass is 464 g/mol. The third kappa shape index (κ3) is 4.62. The normalized spacial score (nSPS) is 12.4. The summed E-state index contributed by atoms with van der Waals surface area (Å²) in [6.45, 7) is 0.927. The van der Waals surface area contributed by atoms with Crippen LogP contribution >= 0.6 is 11.8 Å². The molecular formula is C22H17FN6O3S. The number of benzene rings is 2. The molecule has 0 bridgehead atoms. The van der Waals surface area contributed by atoms with Crippen molar-refractivity contribution in [3.8, 4) is 17.2 Å². The van der Waals surface area contributed by atoms with Gasteiger partial charge in [0.1, 0.15) is 19.0 Å². The van der Waals surface area contributed by atoms with E-state index < -0.39 is 5.91 Å². The molecule has 0 saturated heterocycles. The molecule has 0 saturated carbocycles. The quantitative estimate of drug-likeness (QED) is 0.342. The van der Waals surface area contributed by atoms with Crippen LogP contribution in [0.1, 0.15) is 16.2 Å². The molecule has 166 valence electrons. The highest BCUT2D eigenvalue weighted by Gasteiger charge is 2.22. The van der Waals surface area contributed by atoms with Gasteiger partial charge in [-0.05, 0) is 42.5 Å². The maximum atomic E-state index is 13.4. The van der Waals surface area contributed by atoms with Crippen molar-refractivity contribution in [2.24, 2.45) is 0 Å². The van der Waals surface area contributed by atoms with E-state index in [1.54, 1.807) is 48.8 Å². The molecule has 0 atom stereocenters. The van der Waals surface area contributed by atoms with Crippen molar-refractivity contribution in [3.63, 3.8) is 0 Å². The van der Waals surface area contributed by atoms with Gasteiger partial charge in [0, 0.05) is 29.9 Å². The van der Waals surface area contributed by atoms with E-state index in [0.717, 1.165) is 0 Å². The van der Waals surface area contributed by atoms with Crippen LogP contribution in [0.3, 0.4) is 0 Å². The molecule has 9 nitrogen and oxygen atoms in total. The first-order chi connectivity index (χ1) is 16.2. The fourth-order valence-electron chi connectivity index (χ4n) is 3.20. The predicted octanol–water partition coefficient (Wildman–Crippen LogP) is 3.51. The Morgan fingerprint density at radius 2 is 1.82 bits per heavy atom. The summed E-state index contributed by atoms with van der Waals surface area (Å²) in [6.07, 6.45) is 3.28. The molecule has 2 aromatic carbocycles. The lowest BCUT2D eigenvalue weighted by Crippen LogP contribution is -2.17. The van der Waals surface area contributed by atoms with Crippen molar-refractivity contribution in [3.05, 3.63) is 78.1 Å². The maximum Gasteiger partial charge on any atom is 0.278 e. The highest BCUT2D eigenvalue weighted by molar-refractivity contribution is 7.98.